The van der Waals surface area contributed by atoms with E-state index in [-0.39, 0.29) is 4.47 Å². The van der Waals surface area contributed by atoms with E-state index >= 15 is 0 Å². The monoisotopic (exact) mass is 362 g/mol. The first kappa shape index (κ1) is 16.0. The largest absolute Gasteiger partial charge is 0.441 e. The van der Waals surface area contributed by atoms with Crippen LogP contribution in [0.25, 0.3) is 11.3 Å². The Morgan fingerprint density at radius 1 is 1.33 bits per heavy atom. The van der Waals surface area contributed by atoms with Gasteiger partial charge < -0.3 is 9.73 Å². The maximum absolute atomic E-state index is 12.9. The van der Waals surface area contributed by atoms with Crippen molar-refractivity contribution in [3.8, 4) is 11.3 Å². The normalized spacial score (nSPS) is 11.9. The molecule has 0 saturated carbocycles. The predicted octanol–water partition coefficient (Wildman–Crippen LogP) is 4.27. The van der Waals surface area contributed by atoms with Gasteiger partial charge >= 0.3 is 6.18 Å². The number of hydrogen-bond acceptors (Lipinski definition) is 3. The Hall–Kier alpha value is -1.34. The van der Waals surface area contributed by atoms with Crippen molar-refractivity contribution in [3.05, 3.63) is 40.3 Å². The van der Waals surface area contributed by atoms with Gasteiger partial charge in [0, 0.05) is 16.5 Å². The van der Waals surface area contributed by atoms with Crippen LogP contribution in [0.15, 0.2) is 33.3 Å². The van der Waals surface area contributed by atoms with Crippen LogP contribution >= 0.6 is 15.9 Å². The Morgan fingerprint density at radius 2 is 2.10 bits per heavy atom. The molecule has 0 radical (unpaired) electrons. The summed E-state index contributed by atoms with van der Waals surface area (Å²) in [5.74, 6) is 0.865. The summed E-state index contributed by atoms with van der Waals surface area (Å²) in [4.78, 5) is 4.09. The maximum Gasteiger partial charge on any atom is 0.417 e. The number of rotatable bonds is 5. The summed E-state index contributed by atoms with van der Waals surface area (Å²) in [7, 11) is 1.85. The lowest BCUT2D eigenvalue weighted by molar-refractivity contribution is -0.138. The number of aromatic nitrogens is 1. The van der Waals surface area contributed by atoms with Crippen molar-refractivity contribution in [2.75, 3.05) is 13.6 Å². The molecular weight excluding hydrogens is 349 g/mol. The van der Waals surface area contributed by atoms with Crippen molar-refractivity contribution >= 4 is 15.9 Å². The number of nitrogens with zero attached hydrogens (tertiary/aromatic N) is 1. The van der Waals surface area contributed by atoms with Crippen LogP contribution in [-0.4, -0.2) is 18.6 Å². The van der Waals surface area contributed by atoms with Gasteiger partial charge in [0.15, 0.2) is 11.7 Å². The molecule has 0 amide bonds. The van der Waals surface area contributed by atoms with Crippen molar-refractivity contribution in [1.82, 2.24) is 10.3 Å². The highest BCUT2D eigenvalue weighted by atomic mass is 79.9. The van der Waals surface area contributed by atoms with E-state index < -0.39 is 11.7 Å². The number of halogens is 4. The molecule has 0 spiro atoms. The van der Waals surface area contributed by atoms with E-state index in [0.29, 0.717) is 23.6 Å². The first-order chi connectivity index (χ1) is 9.91. The number of benzene rings is 1. The van der Waals surface area contributed by atoms with Gasteiger partial charge in [-0.25, -0.2) is 4.98 Å². The molecule has 0 atom stereocenters. The summed E-state index contributed by atoms with van der Waals surface area (Å²) >= 11 is 2.91. The maximum atomic E-state index is 12.9. The molecule has 0 unspecified atom stereocenters. The molecule has 7 heteroatoms. The molecule has 1 heterocycles. The molecular formula is C14H14BrF3N2O. The Bertz CT molecular complexity index is 611. The number of aryl methyl sites for hydroxylation is 1. The molecule has 0 bridgehead atoms. The van der Waals surface area contributed by atoms with Gasteiger partial charge in [-0.05, 0) is 32.1 Å². The van der Waals surface area contributed by atoms with Crippen molar-refractivity contribution in [1.29, 1.82) is 0 Å². The van der Waals surface area contributed by atoms with E-state index in [1.54, 1.807) is 6.07 Å². The zero-order valence-corrected chi connectivity index (χ0v) is 12.9. The summed E-state index contributed by atoms with van der Waals surface area (Å²) < 4.78 is 44.1. The average Bonchev–Trinajstić information content (AvgIpc) is 2.87. The molecule has 0 saturated heterocycles. The molecule has 0 fully saturated rings. The third kappa shape index (κ3) is 4.07. The molecule has 0 aliphatic rings. The fourth-order valence-electron chi connectivity index (χ4n) is 1.87. The smallest absolute Gasteiger partial charge is 0.417 e. The predicted molar refractivity (Wildman–Crippen MR) is 76.9 cm³/mol. The Kier molecular flexibility index (Phi) is 5.05. The van der Waals surface area contributed by atoms with E-state index in [0.717, 1.165) is 19.0 Å². The lowest BCUT2D eigenvalue weighted by Gasteiger charge is -2.09. The molecule has 1 N–H and O–H groups in total. The van der Waals surface area contributed by atoms with Crippen molar-refractivity contribution in [2.45, 2.75) is 19.0 Å². The van der Waals surface area contributed by atoms with Crippen LogP contribution in [0.5, 0.6) is 0 Å². The van der Waals surface area contributed by atoms with Crippen LogP contribution in [0.4, 0.5) is 13.2 Å². The third-order valence-electron chi connectivity index (χ3n) is 2.93. The highest BCUT2D eigenvalue weighted by Gasteiger charge is 2.33. The quantitative estimate of drug-likeness (QED) is 0.807. The fourth-order valence-corrected chi connectivity index (χ4v) is 2.34. The van der Waals surface area contributed by atoms with Crippen molar-refractivity contribution in [3.63, 3.8) is 0 Å². The molecule has 2 aromatic rings. The minimum Gasteiger partial charge on any atom is -0.441 e. The summed E-state index contributed by atoms with van der Waals surface area (Å²) in [6.07, 6.45) is -1.46. The van der Waals surface area contributed by atoms with Gasteiger partial charge in [0.2, 0.25) is 0 Å². The van der Waals surface area contributed by atoms with E-state index in [1.807, 2.05) is 7.05 Å². The number of alkyl halides is 3. The van der Waals surface area contributed by atoms with E-state index in [9.17, 15) is 13.2 Å². The molecule has 0 aliphatic carbocycles. The van der Waals surface area contributed by atoms with E-state index in [1.165, 1.54) is 12.3 Å². The van der Waals surface area contributed by atoms with Gasteiger partial charge in [-0.1, -0.05) is 22.0 Å². The van der Waals surface area contributed by atoms with Crippen LogP contribution < -0.4 is 5.32 Å². The second-order valence-corrected chi connectivity index (χ2v) is 5.37. The van der Waals surface area contributed by atoms with Gasteiger partial charge in [0.05, 0.1) is 11.8 Å². The Labute approximate surface area is 128 Å². The summed E-state index contributed by atoms with van der Waals surface area (Å²) in [6, 6.07) is 3.99. The molecule has 3 nitrogen and oxygen atoms in total. The van der Waals surface area contributed by atoms with E-state index in [4.69, 9.17) is 4.42 Å². The minimum absolute atomic E-state index is 0.00695. The Morgan fingerprint density at radius 3 is 2.76 bits per heavy atom. The number of oxazole rings is 1. The summed E-state index contributed by atoms with van der Waals surface area (Å²) in [5, 5.41) is 3.01. The van der Waals surface area contributed by atoms with Gasteiger partial charge in [0.1, 0.15) is 0 Å². The second-order valence-electron chi connectivity index (χ2n) is 4.52. The molecule has 21 heavy (non-hydrogen) atoms. The second kappa shape index (κ2) is 6.62. The molecule has 1 aromatic carbocycles. The van der Waals surface area contributed by atoms with Crippen LogP contribution in [0.3, 0.4) is 0 Å². The van der Waals surface area contributed by atoms with Gasteiger partial charge in [-0.15, -0.1) is 0 Å². The van der Waals surface area contributed by atoms with Gasteiger partial charge in [-0.3, -0.25) is 0 Å². The summed E-state index contributed by atoms with van der Waals surface area (Å²) in [6.45, 7) is 0.828. The van der Waals surface area contributed by atoms with Gasteiger partial charge in [0.25, 0.3) is 0 Å². The van der Waals surface area contributed by atoms with Gasteiger partial charge in [-0.2, -0.15) is 13.2 Å². The van der Waals surface area contributed by atoms with Crippen molar-refractivity contribution < 1.29 is 17.6 Å². The molecule has 0 aliphatic heterocycles. The number of hydrogen-bond donors (Lipinski definition) is 1. The highest BCUT2D eigenvalue weighted by molar-refractivity contribution is 9.10. The zero-order chi connectivity index (χ0) is 15.5. The van der Waals surface area contributed by atoms with Crippen LogP contribution in [-0.2, 0) is 12.6 Å². The van der Waals surface area contributed by atoms with E-state index in [2.05, 4.69) is 26.2 Å². The lowest BCUT2D eigenvalue weighted by Crippen LogP contribution is -2.08. The van der Waals surface area contributed by atoms with Crippen LogP contribution in [0, 0.1) is 0 Å². The zero-order valence-electron chi connectivity index (χ0n) is 11.3. The number of nitrogens with one attached hydrogen (secondary N) is 1. The third-order valence-corrected chi connectivity index (χ3v) is 3.62. The first-order valence-electron chi connectivity index (χ1n) is 6.38. The Balaban J connectivity index is 2.22. The van der Waals surface area contributed by atoms with Crippen LogP contribution in [0.2, 0.25) is 0 Å². The lowest BCUT2D eigenvalue weighted by atomic mass is 10.1. The molecule has 1 aromatic heterocycles. The fraction of sp³-hybridized carbons (Fsp3) is 0.357. The molecule has 2 rings (SSSR count). The van der Waals surface area contributed by atoms with Crippen molar-refractivity contribution in [2.24, 2.45) is 0 Å². The SMILES string of the molecule is CNCCCc1ncc(-c2ccc(Br)c(C(F)(F)F)c2)o1. The minimum atomic E-state index is -4.41. The standard InChI is InChI=1S/C14H14BrF3N2O/c1-19-6-2-3-13-20-8-12(21-13)9-4-5-11(15)10(7-9)14(16,17)18/h4-5,7-8,19H,2-3,6H2,1H3. The first-order valence-corrected chi connectivity index (χ1v) is 7.17. The average molecular weight is 363 g/mol. The molecule has 114 valence electrons. The topological polar surface area (TPSA) is 38.1 Å². The highest BCUT2D eigenvalue weighted by Crippen LogP contribution is 2.37. The summed E-state index contributed by atoms with van der Waals surface area (Å²) in [5.41, 5.74) is -0.369. The van der Waals surface area contributed by atoms with Crippen LogP contribution in [0.1, 0.15) is 17.9 Å².